The third-order valence-electron chi connectivity index (χ3n) is 2.99. The molecule has 0 saturated heterocycles. The van der Waals surface area contributed by atoms with Gasteiger partial charge in [0, 0.05) is 31.9 Å². The molecule has 0 aliphatic rings. The Bertz CT molecular complexity index is 350. The summed E-state index contributed by atoms with van der Waals surface area (Å²) in [6.07, 6.45) is 0. The molecule has 1 aromatic rings. The Kier molecular flexibility index (Phi) is 5.45. The Balaban J connectivity index is 3.07. The van der Waals surface area contributed by atoms with Crippen molar-refractivity contribution in [3.63, 3.8) is 0 Å². The molecule has 0 bridgehead atoms. The Morgan fingerprint density at radius 2 is 2.06 bits per heavy atom. The molecule has 0 saturated carbocycles. The lowest BCUT2D eigenvalue weighted by Crippen LogP contribution is -2.35. The van der Waals surface area contributed by atoms with Crippen LogP contribution in [-0.2, 0) is 11.3 Å². The summed E-state index contributed by atoms with van der Waals surface area (Å²) in [4.78, 5) is 2.36. The lowest BCUT2D eigenvalue weighted by molar-refractivity contribution is 0.203. The number of para-hydroxylation sites is 1. The Labute approximate surface area is 105 Å². The summed E-state index contributed by atoms with van der Waals surface area (Å²) in [5.74, 6) is 0. The van der Waals surface area contributed by atoms with Crippen LogP contribution < -0.4 is 10.6 Å². The monoisotopic (exact) mass is 236 g/mol. The van der Waals surface area contributed by atoms with Gasteiger partial charge >= 0.3 is 0 Å². The lowest BCUT2D eigenvalue weighted by Gasteiger charge is -2.32. The van der Waals surface area contributed by atoms with Crippen molar-refractivity contribution >= 4 is 5.69 Å². The van der Waals surface area contributed by atoms with E-state index < -0.39 is 0 Å². The van der Waals surface area contributed by atoms with Gasteiger partial charge in [-0.15, -0.1) is 0 Å². The van der Waals surface area contributed by atoms with Crippen LogP contribution in [0.1, 0.15) is 25.0 Å². The van der Waals surface area contributed by atoms with Crippen LogP contribution in [0.3, 0.4) is 0 Å². The van der Waals surface area contributed by atoms with Crippen molar-refractivity contribution in [1.82, 2.24) is 0 Å². The topological polar surface area (TPSA) is 38.5 Å². The molecule has 0 unspecified atom stereocenters. The maximum absolute atomic E-state index is 5.83. The molecule has 0 fully saturated rings. The van der Waals surface area contributed by atoms with Gasteiger partial charge in [-0.25, -0.2) is 0 Å². The van der Waals surface area contributed by atoms with Crippen LogP contribution in [0.5, 0.6) is 0 Å². The van der Waals surface area contributed by atoms with Gasteiger partial charge in [-0.1, -0.05) is 18.2 Å². The van der Waals surface area contributed by atoms with Gasteiger partial charge in [0.1, 0.15) is 0 Å². The van der Waals surface area contributed by atoms with Gasteiger partial charge in [0.05, 0.1) is 6.61 Å². The van der Waals surface area contributed by atoms with Crippen molar-refractivity contribution in [3.05, 3.63) is 29.3 Å². The van der Waals surface area contributed by atoms with Gasteiger partial charge < -0.3 is 15.4 Å². The molecule has 3 heteroatoms. The second-order valence-corrected chi connectivity index (χ2v) is 4.57. The third-order valence-corrected chi connectivity index (χ3v) is 2.99. The zero-order chi connectivity index (χ0) is 12.8. The first-order valence-electron chi connectivity index (χ1n) is 6.16. The van der Waals surface area contributed by atoms with Gasteiger partial charge in [-0.05, 0) is 31.9 Å². The average Bonchev–Trinajstić information content (AvgIpc) is 2.30. The molecule has 0 radical (unpaired) electrons. The zero-order valence-corrected chi connectivity index (χ0v) is 11.4. The normalized spacial score (nSPS) is 10.9. The summed E-state index contributed by atoms with van der Waals surface area (Å²) in [7, 11) is 1.74. The quantitative estimate of drug-likeness (QED) is 0.823. The molecule has 0 aliphatic carbocycles. The highest BCUT2D eigenvalue weighted by Gasteiger charge is 2.15. The van der Waals surface area contributed by atoms with E-state index in [2.05, 4.69) is 43.9 Å². The van der Waals surface area contributed by atoms with Crippen LogP contribution in [0.25, 0.3) is 0 Å². The van der Waals surface area contributed by atoms with Gasteiger partial charge in [0.2, 0.25) is 0 Å². The standard InChI is InChI=1S/C14H24N2O/c1-11(2)16(8-9-17-4)14-12(3)6-5-7-13(14)10-15/h5-7,11H,8-10,15H2,1-4H3. The molecular weight excluding hydrogens is 212 g/mol. The van der Waals surface area contributed by atoms with E-state index in [1.165, 1.54) is 16.8 Å². The average molecular weight is 236 g/mol. The molecular formula is C14H24N2O. The summed E-state index contributed by atoms with van der Waals surface area (Å²) < 4.78 is 5.18. The van der Waals surface area contributed by atoms with Crippen LogP contribution in [-0.4, -0.2) is 26.3 Å². The number of nitrogens with two attached hydrogens (primary N) is 1. The van der Waals surface area contributed by atoms with Crippen molar-refractivity contribution in [2.75, 3.05) is 25.2 Å². The Hall–Kier alpha value is -1.06. The fourth-order valence-corrected chi connectivity index (χ4v) is 2.11. The molecule has 0 aromatic heterocycles. The summed E-state index contributed by atoms with van der Waals surface area (Å²) in [6.45, 7) is 8.73. The summed E-state index contributed by atoms with van der Waals surface area (Å²) in [5.41, 5.74) is 9.57. The van der Waals surface area contributed by atoms with E-state index in [0.29, 0.717) is 12.6 Å². The van der Waals surface area contributed by atoms with E-state index in [1.54, 1.807) is 7.11 Å². The van der Waals surface area contributed by atoms with E-state index in [1.807, 2.05) is 0 Å². The maximum atomic E-state index is 5.83. The number of hydrogen-bond donors (Lipinski definition) is 1. The minimum absolute atomic E-state index is 0.441. The number of benzene rings is 1. The molecule has 0 heterocycles. The van der Waals surface area contributed by atoms with Crippen LogP contribution in [0.15, 0.2) is 18.2 Å². The van der Waals surface area contributed by atoms with E-state index in [-0.39, 0.29) is 0 Å². The number of hydrogen-bond acceptors (Lipinski definition) is 3. The van der Waals surface area contributed by atoms with Gasteiger partial charge in [-0.2, -0.15) is 0 Å². The number of rotatable bonds is 6. The first kappa shape index (κ1) is 14.0. The molecule has 17 heavy (non-hydrogen) atoms. The number of aryl methyl sites for hydroxylation is 1. The third kappa shape index (κ3) is 3.45. The maximum Gasteiger partial charge on any atom is 0.0637 e. The fraction of sp³-hybridized carbons (Fsp3) is 0.571. The lowest BCUT2D eigenvalue weighted by atomic mass is 10.1. The van der Waals surface area contributed by atoms with Gasteiger partial charge in [0.15, 0.2) is 0 Å². The Morgan fingerprint density at radius 3 is 2.59 bits per heavy atom. The van der Waals surface area contributed by atoms with Crippen LogP contribution >= 0.6 is 0 Å². The SMILES string of the molecule is COCCN(c1c(C)cccc1CN)C(C)C. The highest BCUT2D eigenvalue weighted by molar-refractivity contribution is 5.59. The number of methoxy groups -OCH3 is 1. The van der Waals surface area contributed by atoms with Crippen LogP contribution in [0, 0.1) is 6.92 Å². The minimum atomic E-state index is 0.441. The molecule has 1 rings (SSSR count). The second kappa shape index (κ2) is 6.62. The van der Waals surface area contributed by atoms with Crippen molar-refractivity contribution < 1.29 is 4.74 Å². The smallest absolute Gasteiger partial charge is 0.0637 e. The number of nitrogens with zero attached hydrogens (tertiary/aromatic N) is 1. The van der Waals surface area contributed by atoms with Crippen LogP contribution in [0.4, 0.5) is 5.69 Å². The molecule has 0 amide bonds. The molecule has 0 spiro atoms. The predicted octanol–water partition coefficient (Wildman–Crippen LogP) is 2.31. The first-order chi connectivity index (χ1) is 8.11. The van der Waals surface area contributed by atoms with Gasteiger partial charge in [-0.3, -0.25) is 0 Å². The van der Waals surface area contributed by atoms with E-state index in [9.17, 15) is 0 Å². The van der Waals surface area contributed by atoms with Crippen molar-refractivity contribution in [2.24, 2.45) is 5.73 Å². The highest BCUT2D eigenvalue weighted by atomic mass is 16.5. The van der Waals surface area contributed by atoms with Crippen LogP contribution in [0.2, 0.25) is 0 Å². The summed E-state index contributed by atoms with van der Waals surface area (Å²) >= 11 is 0. The summed E-state index contributed by atoms with van der Waals surface area (Å²) in [5, 5.41) is 0. The molecule has 96 valence electrons. The zero-order valence-electron chi connectivity index (χ0n) is 11.4. The van der Waals surface area contributed by atoms with Gasteiger partial charge in [0.25, 0.3) is 0 Å². The number of ether oxygens (including phenoxy) is 1. The largest absolute Gasteiger partial charge is 0.383 e. The molecule has 3 nitrogen and oxygen atoms in total. The molecule has 0 atom stereocenters. The minimum Gasteiger partial charge on any atom is -0.383 e. The molecule has 1 aromatic carbocycles. The molecule has 2 N–H and O–H groups in total. The first-order valence-corrected chi connectivity index (χ1v) is 6.16. The van der Waals surface area contributed by atoms with E-state index >= 15 is 0 Å². The van der Waals surface area contributed by atoms with Crippen molar-refractivity contribution in [2.45, 2.75) is 33.4 Å². The predicted molar refractivity (Wildman–Crippen MR) is 73.4 cm³/mol. The Morgan fingerprint density at radius 1 is 1.35 bits per heavy atom. The summed E-state index contributed by atoms with van der Waals surface area (Å²) in [6, 6.07) is 6.74. The van der Waals surface area contributed by atoms with E-state index in [4.69, 9.17) is 10.5 Å². The fourth-order valence-electron chi connectivity index (χ4n) is 2.11. The van der Waals surface area contributed by atoms with Crippen molar-refractivity contribution in [1.29, 1.82) is 0 Å². The highest BCUT2D eigenvalue weighted by Crippen LogP contribution is 2.26. The second-order valence-electron chi connectivity index (χ2n) is 4.57. The number of anilines is 1. The van der Waals surface area contributed by atoms with E-state index in [0.717, 1.165) is 13.2 Å². The van der Waals surface area contributed by atoms with Crippen molar-refractivity contribution in [3.8, 4) is 0 Å². The molecule has 0 aliphatic heterocycles.